The fourth-order valence-electron chi connectivity index (χ4n) is 3.46. The molecule has 0 aliphatic carbocycles. The Morgan fingerprint density at radius 3 is 2.75 bits per heavy atom. The van der Waals surface area contributed by atoms with Gasteiger partial charge in [0, 0.05) is 38.3 Å². The Balaban J connectivity index is 0.00000225. The molecule has 2 aliphatic heterocycles. The van der Waals surface area contributed by atoms with Gasteiger partial charge in [-0.05, 0) is 25.0 Å². The topological polar surface area (TPSA) is 83.3 Å². The van der Waals surface area contributed by atoms with Gasteiger partial charge in [-0.2, -0.15) is 10.2 Å². The van der Waals surface area contributed by atoms with Crippen LogP contribution in [0.4, 0.5) is 10.3 Å². The fourth-order valence-corrected chi connectivity index (χ4v) is 3.46. The summed E-state index contributed by atoms with van der Waals surface area (Å²) in [6, 6.07) is 9.28. The molecule has 2 aromatic rings. The number of nitrogens with zero attached hydrogens (tertiary/aromatic N) is 4. The number of piperidine rings is 1. The van der Waals surface area contributed by atoms with E-state index >= 15 is 0 Å². The van der Waals surface area contributed by atoms with Gasteiger partial charge in [-0.3, -0.25) is 0 Å². The summed E-state index contributed by atoms with van der Waals surface area (Å²) in [5, 5.41) is 12.7. The molecule has 9 heteroatoms. The first-order chi connectivity index (χ1) is 13.2. The third kappa shape index (κ3) is 4.50. The number of morpholine rings is 1. The number of nitrogens with one attached hydrogen (secondary N) is 1. The molecule has 1 aromatic carbocycles. The van der Waals surface area contributed by atoms with Gasteiger partial charge in [-0.15, -0.1) is 12.4 Å². The second-order valence-electron chi connectivity index (χ2n) is 6.76. The lowest BCUT2D eigenvalue weighted by Crippen LogP contribution is -2.55. The molecule has 0 bridgehead atoms. The normalized spacial score (nSPS) is 18.2. The van der Waals surface area contributed by atoms with Crippen molar-refractivity contribution in [1.29, 1.82) is 5.26 Å². The van der Waals surface area contributed by atoms with E-state index < -0.39 is 5.82 Å². The maximum Gasteiger partial charge on any atom is 0.229 e. The van der Waals surface area contributed by atoms with Gasteiger partial charge in [-0.25, -0.2) is 9.37 Å². The van der Waals surface area contributed by atoms with Crippen molar-refractivity contribution in [3.05, 3.63) is 41.8 Å². The molecule has 28 heavy (non-hydrogen) atoms. The van der Waals surface area contributed by atoms with Crippen LogP contribution in [0.2, 0.25) is 0 Å². The third-order valence-electron chi connectivity index (χ3n) is 4.92. The number of nitriles is 1. The van der Waals surface area contributed by atoms with Crippen molar-refractivity contribution in [2.24, 2.45) is 0 Å². The van der Waals surface area contributed by atoms with Crippen LogP contribution >= 0.6 is 12.4 Å². The Bertz CT molecular complexity index is 860. The molecule has 2 aliphatic rings. The summed E-state index contributed by atoms with van der Waals surface area (Å²) >= 11 is 0. The van der Waals surface area contributed by atoms with E-state index in [1.54, 1.807) is 12.1 Å². The Morgan fingerprint density at radius 1 is 1.25 bits per heavy atom. The van der Waals surface area contributed by atoms with Crippen LogP contribution in [0.5, 0.6) is 11.6 Å². The van der Waals surface area contributed by atoms with Crippen molar-refractivity contribution in [3.63, 3.8) is 0 Å². The van der Waals surface area contributed by atoms with Gasteiger partial charge in [0.2, 0.25) is 11.8 Å². The van der Waals surface area contributed by atoms with E-state index in [9.17, 15) is 9.65 Å². The molecular formula is C19H21ClFN5O2. The summed E-state index contributed by atoms with van der Waals surface area (Å²) in [5.41, 5.74) is 0.0879. The molecule has 0 saturated carbocycles. The molecule has 2 saturated heterocycles. The molecular weight excluding hydrogens is 385 g/mol. The summed E-state index contributed by atoms with van der Waals surface area (Å²) in [6.45, 7) is 3.94. The smallest absolute Gasteiger partial charge is 0.229 e. The van der Waals surface area contributed by atoms with Gasteiger partial charge in [0.05, 0.1) is 12.2 Å². The minimum Gasteiger partial charge on any atom is -0.439 e. The van der Waals surface area contributed by atoms with Crippen molar-refractivity contribution in [3.8, 4) is 17.7 Å². The second-order valence-corrected chi connectivity index (χ2v) is 6.76. The number of ether oxygens (including phenoxy) is 2. The third-order valence-corrected chi connectivity index (χ3v) is 4.92. The Labute approximate surface area is 168 Å². The standard InChI is InChI=1S/C19H20FN5O2.ClH/c20-14-2-1-3-16(10-14)27-17-11-15(12-21)23-18(24-17)25-7-4-19(5-8-25)13-22-6-9-26-19;/h1-3,10-11,22H,4-9,13H2;1H. The van der Waals surface area contributed by atoms with E-state index in [4.69, 9.17) is 9.47 Å². The van der Waals surface area contributed by atoms with E-state index in [0.29, 0.717) is 11.7 Å². The first-order valence-corrected chi connectivity index (χ1v) is 8.98. The highest BCUT2D eigenvalue weighted by Gasteiger charge is 2.37. The number of anilines is 1. The van der Waals surface area contributed by atoms with Crippen LogP contribution < -0.4 is 15.0 Å². The summed E-state index contributed by atoms with van der Waals surface area (Å²) in [5.74, 6) is 0.588. The molecule has 7 nitrogen and oxygen atoms in total. The zero-order chi connectivity index (χ0) is 18.7. The SMILES string of the molecule is Cl.N#Cc1cc(Oc2cccc(F)c2)nc(N2CCC3(CC2)CNCCO3)n1. The summed E-state index contributed by atoms with van der Waals surface area (Å²) in [6.07, 6.45) is 1.72. The highest BCUT2D eigenvalue weighted by molar-refractivity contribution is 5.85. The molecule has 0 atom stereocenters. The minimum absolute atomic E-state index is 0. The van der Waals surface area contributed by atoms with E-state index in [0.717, 1.165) is 45.6 Å². The average Bonchev–Trinajstić information content (AvgIpc) is 2.69. The van der Waals surface area contributed by atoms with Crippen molar-refractivity contribution < 1.29 is 13.9 Å². The van der Waals surface area contributed by atoms with Crippen LogP contribution in [0.3, 0.4) is 0 Å². The van der Waals surface area contributed by atoms with Gasteiger partial charge < -0.3 is 19.7 Å². The van der Waals surface area contributed by atoms with Crippen molar-refractivity contribution in [2.45, 2.75) is 18.4 Å². The maximum atomic E-state index is 13.4. The molecule has 148 valence electrons. The fraction of sp³-hybridized carbons (Fsp3) is 0.421. The molecule has 2 fully saturated rings. The van der Waals surface area contributed by atoms with Gasteiger partial charge >= 0.3 is 0 Å². The van der Waals surface area contributed by atoms with Crippen LogP contribution in [0.15, 0.2) is 30.3 Å². The van der Waals surface area contributed by atoms with Crippen LogP contribution in [-0.4, -0.2) is 48.4 Å². The van der Waals surface area contributed by atoms with Gasteiger partial charge in [0.25, 0.3) is 0 Å². The Kier molecular flexibility index (Phi) is 6.29. The summed E-state index contributed by atoms with van der Waals surface area (Å²) < 4.78 is 25.0. The van der Waals surface area contributed by atoms with Crippen LogP contribution in [0.1, 0.15) is 18.5 Å². The summed E-state index contributed by atoms with van der Waals surface area (Å²) in [4.78, 5) is 10.8. The van der Waals surface area contributed by atoms with Crippen molar-refractivity contribution in [2.75, 3.05) is 37.7 Å². The van der Waals surface area contributed by atoms with E-state index in [-0.39, 0.29) is 29.6 Å². The predicted octanol–water partition coefficient (Wildman–Crippen LogP) is 2.66. The van der Waals surface area contributed by atoms with Crippen LogP contribution in [0, 0.1) is 17.1 Å². The number of rotatable bonds is 3. The van der Waals surface area contributed by atoms with E-state index in [1.165, 1.54) is 18.2 Å². The van der Waals surface area contributed by atoms with Crippen molar-refractivity contribution >= 4 is 18.4 Å². The average molecular weight is 406 g/mol. The highest BCUT2D eigenvalue weighted by atomic mass is 35.5. The summed E-state index contributed by atoms with van der Waals surface area (Å²) in [7, 11) is 0. The van der Waals surface area contributed by atoms with Gasteiger partial charge in [0.15, 0.2) is 0 Å². The zero-order valence-corrected chi connectivity index (χ0v) is 16.0. The minimum atomic E-state index is -0.398. The second kappa shape index (κ2) is 8.69. The molecule has 3 heterocycles. The number of hydrogen-bond donors (Lipinski definition) is 1. The first kappa shape index (κ1) is 20.3. The molecule has 4 rings (SSSR count). The van der Waals surface area contributed by atoms with Crippen LogP contribution in [0.25, 0.3) is 0 Å². The monoisotopic (exact) mass is 405 g/mol. The highest BCUT2D eigenvalue weighted by Crippen LogP contribution is 2.30. The first-order valence-electron chi connectivity index (χ1n) is 8.98. The van der Waals surface area contributed by atoms with Crippen molar-refractivity contribution in [1.82, 2.24) is 15.3 Å². The molecule has 0 amide bonds. The lowest BCUT2D eigenvalue weighted by Gasteiger charge is -2.44. The zero-order valence-electron chi connectivity index (χ0n) is 15.2. The number of benzene rings is 1. The molecule has 1 spiro atoms. The lowest BCUT2D eigenvalue weighted by atomic mass is 9.90. The van der Waals surface area contributed by atoms with Crippen LogP contribution in [-0.2, 0) is 4.74 Å². The van der Waals surface area contributed by atoms with E-state index in [1.807, 2.05) is 11.0 Å². The number of aromatic nitrogens is 2. The largest absolute Gasteiger partial charge is 0.439 e. The number of halogens is 2. The number of hydrogen-bond acceptors (Lipinski definition) is 7. The molecule has 0 radical (unpaired) electrons. The Morgan fingerprint density at radius 2 is 2.07 bits per heavy atom. The van der Waals surface area contributed by atoms with Gasteiger partial charge in [0.1, 0.15) is 23.3 Å². The lowest BCUT2D eigenvalue weighted by molar-refractivity contribution is -0.0801. The Hall–Kier alpha value is -2.47. The molecule has 0 unspecified atom stereocenters. The molecule has 1 aromatic heterocycles. The van der Waals surface area contributed by atoms with Gasteiger partial charge in [-0.1, -0.05) is 6.07 Å². The molecule has 1 N–H and O–H groups in total. The maximum absolute atomic E-state index is 13.4. The quantitative estimate of drug-likeness (QED) is 0.840. The predicted molar refractivity (Wildman–Crippen MR) is 103 cm³/mol. The van der Waals surface area contributed by atoms with E-state index in [2.05, 4.69) is 15.3 Å².